The normalized spacial score (nSPS) is 28.0. The number of rotatable bonds is 4. The van der Waals surface area contributed by atoms with Gasteiger partial charge in [-0.15, -0.1) is 0 Å². The van der Waals surface area contributed by atoms with Gasteiger partial charge in [-0.1, -0.05) is 0 Å². The number of carbonyl (C=O) groups is 2. The zero-order valence-electron chi connectivity index (χ0n) is 19.4. The van der Waals surface area contributed by atoms with Crippen LogP contribution in [0.5, 0.6) is 0 Å². The molecule has 178 valence electrons. The van der Waals surface area contributed by atoms with Crippen LogP contribution < -0.4 is 16.0 Å². The third kappa shape index (κ3) is 4.29. The number of hydrogen-bond donors (Lipinski definition) is 2. The fraction of sp³-hybridized carbons (Fsp3) is 0.652. The molecule has 0 aromatic carbocycles. The molecule has 2 aromatic rings. The van der Waals surface area contributed by atoms with E-state index >= 15 is 0 Å². The van der Waals surface area contributed by atoms with Crippen LogP contribution in [0.3, 0.4) is 0 Å². The summed E-state index contributed by atoms with van der Waals surface area (Å²) in [6.45, 7) is 6.38. The number of nitrogens with zero attached hydrogens (tertiary/aromatic N) is 5. The summed E-state index contributed by atoms with van der Waals surface area (Å²) in [5.74, 6) is 0.438. The van der Waals surface area contributed by atoms with Crippen LogP contribution in [-0.2, 0) is 14.3 Å². The zero-order valence-corrected chi connectivity index (χ0v) is 19.4. The van der Waals surface area contributed by atoms with E-state index in [9.17, 15) is 9.59 Å². The molecule has 0 aliphatic carbocycles. The van der Waals surface area contributed by atoms with Crippen molar-refractivity contribution in [1.29, 1.82) is 0 Å². The van der Waals surface area contributed by atoms with Gasteiger partial charge in [0, 0.05) is 50.4 Å². The molecule has 33 heavy (non-hydrogen) atoms. The lowest BCUT2D eigenvalue weighted by molar-refractivity contribution is -0.142. The Morgan fingerprint density at radius 1 is 1.21 bits per heavy atom. The van der Waals surface area contributed by atoms with Gasteiger partial charge in [0.25, 0.3) is 0 Å². The second-order valence-corrected chi connectivity index (χ2v) is 9.54. The van der Waals surface area contributed by atoms with E-state index in [0.29, 0.717) is 19.6 Å². The molecular weight excluding hydrogens is 422 g/mol. The van der Waals surface area contributed by atoms with Gasteiger partial charge in [-0.25, -0.2) is 9.50 Å². The van der Waals surface area contributed by atoms with Crippen LogP contribution in [0.25, 0.3) is 5.65 Å². The van der Waals surface area contributed by atoms with Crippen molar-refractivity contribution in [2.75, 3.05) is 31.1 Å². The van der Waals surface area contributed by atoms with Crippen molar-refractivity contribution in [3.05, 3.63) is 23.5 Å². The van der Waals surface area contributed by atoms with Gasteiger partial charge < -0.3 is 25.6 Å². The van der Waals surface area contributed by atoms with Crippen LogP contribution in [0.4, 0.5) is 5.82 Å². The molecule has 5 rings (SSSR count). The van der Waals surface area contributed by atoms with E-state index < -0.39 is 6.23 Å². The highest BCUT2D eigenvalue weighted by atomic mass is 16.5. The lowest BCUT2D eigenvalue weighted by Crippen LogP contribution is -2.48. The third-order valence-electron chi connectivity index (χ3n) is 7.03. The fourth-order valence-electron chi connectivity index (χ4n) is 5.38. The number of nitrogens with one attached hydrogen (secondary N) is 1. The molecular formula is C23H33N7O3. The first-order valence-electron chi connectivity index (χ1n) is 12.0. The van der Waals surface area contributed by atoms with Gasteiger partial charge >= 0.3 is 0 Å². The first-order valence-corrected chi connectivity index (χ1v) is 12.0. The van der Waals surface area contributed by atoms with Gasteiger partial charge in [0.05, 0.1) is 24.3 Å². The highest BCUT2D eigenvalue weighted by molar-refractivity contribution is 5.81. The SMILES string of the molecule is CC(=O)NC1OCCC1C(=O)N1CCCC[C@H]1c1cc2nc(N3CC[C@H](N)C3)c(C)cn2n1. The van der Waals surface area contributed by atoms with Crippen molar-refractivity contribution in [2.24, 2.45) is 11.7 Å². The summed E-state index contributed by atoms with van der Waals surface area (Å²) >= 11 is 0. The van der Waals surface area contributed by atoms with E-state index in [1.807, 2.05) is 28.6 Å². The maximum absolute atomic E-state index is 13.5. The number of piperidine rings is 1. The standard InChI is InChI=1S/C23H33N7O3/c1-14-12-30-20(26-21(14)28-9-6-16(24)13-28)11-18(27-30)19-5-3-4-8-29(19)23(32)17-7-10-33-22(17)25-15(2)31/h11-12,16-17,19,22H,3-10,13,24H2,1-2H3,(H,25,31)/t16-,17?,19-,22?/m0/s1. The van der Waals surface area contributed by atoms with Gasteiger partial charge in [0.15, 0.2) is 5.65 Å². The molecule has 3 saturated heterocycles. The highest BCUT2D eigenvalue weighted by Gasteiger charge is 2.40. The predicted molar refractivity (Wildman–Crippen MR) is 122 cm³/mol. The minimum atomic E-state index is -0.558. The molecule has 10 nitrogen and oxygen atoms in total. The molecule has 3 N–H and O–H groups in total. The van der Waals surface area contributed by atoms with E-state index in [1.54, 1.807) is 0 Å². The monoisotopic (exact) mass is 455 g/mol. The Hall–Kier alpha value is -2.72. The topological polar surface area (TPSA) is 118 Å². The maximum atomic E-state index is 13.5. The Labute approximate surface area is 193 Å². The van der Waals surface area contributed by atoms with Crippen molar-refractivity contribution in [1.82, 2.24) is 24.8 Å². The summed E-state index contributed by atoms with van der Waals surface area (Å²) in [6, 6.07) is 2.09. The second kappa shape index (κ2) is 8.90. The summed E-state index contributed by atoms with van der Waals surface area (Å²) in [5, 5.41) is 7.60. The molecule has 0 radical (unpaired) electrons. The first kappa shape index (κ1) is 22.1. The Balaban J connectivity index is 1.41. The number of nitrogens with two attached hydrogens (primary N) is 1. The molecule has 10 heteroatoms. The average molecular weight is 456 g/mol. The van der Waals surface area contributed by atoms with Crippen LogP contribution in [0.15, 0.2) is 12.3 Å². The van der Waals surface area contributed by atoms with Crippen LogP contribution in [0.2, 0.25) is 0 Å². The number of hydrogen-bond acceptors (Lipinski definition) is 7. The molecule has 5 heterocycles. The number of amides is 2. The van der Waals surface area contributed by atoms with Gasteiger partial charge in [-0.3, -0.25) is 9.59 Å². The summed E-state index contributed by atoms with van der Waals surface area (Å²) in [7, 11) is 0. The minimum absolute atomic E-state index is 0.0314. The van der Waals surface area contributed by atoms with E-state index in [4.69, 9.17) is 20.6 Å². The molecule has 2 aromatic heterocycles. The molecule has 3 fully saturated rings. The second-order valence-electron chi connectivity index (χ2n) is 9.54. The summed E-state index contributed by atoms with van der Waals surface area (Å²) < 4.78 is 7.46. The lowest BCUT2D eigenvalue weighted by atomic mass is 9.95. The van der Waals surface area contributed by atoms with E-state index in [2.05, 4.69) is 10.2 Å². The Bertz CT molecular complexity index is 1050. The summed E-state index contributed by atoms with van der Waals surface area (Å²) in [5.41, 5.74) is 8.80. The van der Waals surface area contributed by atoms with Crippen LogP contribution in [-0.4, -0.2) is 69.8 Å². The fourth-order valence-corrected chi connectivity index (χ4v) is 5.38. The van der Waals surface area contributed by atoms with Gasteiger partial charge in [-0.2, -0.15) is 5.10 Å². The van der Waals surface area contributed by atoms with Gasteiger partial charge in [0.2, 0.25) is 11.8 Å². The van der Waals surface area contributed by atoms with Gasteiger partial charge in [-0.05, 0) is 39.0 Å². The van der Waals surface area contributed by atoms with Crippen molar-refractivity contribution < 1.29 is 14.3 Å². The number of carbonyl (C=O) groups excluding carboxylic acids is 2. The maximum Gasteiger partial charge on any atom is 0.230 e. The average Bonchev–Trinajstić information content (AvgIpc) is 3.52. The predicted octanol–water partition coefficient (Wildman–Crippen LogP) is 1.13. The van der Waals surface area contributed by atoms with Crippen molar-refractivity contribution in [3.8, 4) is 0 Å². The first-order chi connectivity index (χ1) is 15.9. The van der Waals surface area contributed by atoms with Crippen LogP contribution >= 0.6 is 0 Å². The zero-order chi connectivity index (χ0) is 23.1. The lowest BCUT2D eigenvalue weighted by Gasteiger charge is -2.37. The summed E-state index contributed by atoms with van der Waals surface area (Å²) in [6.07, 6.45) is 5.91. The van der Waals surface area contributed by atoms with Crippen LogP contribution in [0, 0.1) is 12.8 Å². The molecule has 3 aliphatic rings. The van der Waals surface area contributed by atoms with Gasteiger partial charge in [0.1, 0.15) is 12.0 Å². The molecule has 2 amide bonds. The van der Waals surface area contributed by atoms with E-state index in [-0.39, 0.29) is 29.8 Å². The Morgan fingerprint density at radius 2 is 2.06 bits per heavy atom. The van der Waals surface area contributed by atoms with Crippen LogP contribution in [0.1, 0.15) is 56.3 Å². The minimum Gasteiger partial charge on any atom is -0.358 e. The Morgan fingerprint density at radius 3 is 2.82 bits per heavy atom. The highest BCUT2D eigenvalue weighted by Crippen LogP contribution is 2.34. The molecule has 4 atom stereocenters. The number of fused-ring (bicyclic) bond motifs is 1. The number of anilines is 1. The number of ether oxygens (including phenoxy) is 1. The van der Waals surface area contributed by atoms with Crippen molar-refractivity contribution >= 4 is 23.3 Å². The van der Waals surface area contributed by atoms with Crippen molar-refractivity contribution in [3.63, 3.8) is 0 Å². The number of aromatic nitrogens is 3. The number of likely N-dealkylation sites (tertiary alicyclic amines) is 1. The molecule has 0 bridgehead atoms. The molecule has 3 aliphatic heterocycles. The number of aryl methyl sites for hydroxylation is 1. The van der Waals surface area contributed by atoms with E-state index in [1.165, 1.54) is 6.92 Å². The Kier molecular flexibility index (Phi) is 5.96. The molecule has 0 saturated carbocycles. The third-order valence-corrected chi connectivity index (χ3v) is 7.03. The quantitative estimate of drug-likeness (QED) is 0.709. The molecule has 2 unspecified atom stereocenters. The van der Waals surface area contributed by atoms with E-state index in [0.717, 1.165) is 61.5 Å². The smallest absolute Gasteiger partial charge is 0.230 e. The molecule has 0 spiro atoms. The van der Waals surface area contributed by atoms with Crippen molar-refractivity contribution in [2.45, 2.75) is 64.3 Å². The largest absolute Gasteiger partial charge is 0.358 e. The summed E-state index contributed by atoms with van der Waals surface area (Å²) in [4.78, 5) is 34.2.